The molecule has 112 valence electrons. The van der Waals surface area contributed by atoms with Gasteiger partial charge in [0.1, 0.15) is 6.17 Å². The number of amides is 1. The summed E-state index contributed by atoms with van der Waals surface area (Å²) in [5.74, 6) is 0.864. The summed E-state index contributed by atoms with van der Waals surface area (Å²) in [6, 6.07) is 2.05. The van der Waals surface area contributed by atoms with Crippen molar-refractivity contribution in [3.63, 3.8) is 0 Å². The molecule has 3 nitrogen and oxygen atoms in total. The van der Waals surface area contributed by atoms with Gasteiger partial charge in [-0.05, 0) is 41.7 Å². The molecule has 1 amide bonds. The van der Waals surface area contributed by atoms with E-state index in [1.807, 2.05) is 6.92 Å². The van der Waals surface area contributed by atoms with Gasteiger partial charge in [-0.1, -0.05) is 33.1 Å². The van der Waals surface area contributed by atoms with Crippen molar-refractivity contribution < 1.29 is 4.79 Å². The van der Waals surface area contributed by atoms with Crippen LogP contribution in [0.4, 0.5) is 0 Å². The Morgan fingerprint density at radius 3 is 2.85 bits per heavy atom. The van der Waals surface area contributed by atoms with E-state index in [1.165, 1.54) is 24.8 Å². The molecule has 1 aromatic rings. The molecule has 0 aliphatic carbocycles. The summed E-state index contributed by atoms with van der Waals surface area (Å²) >= 11 is 1.69. The van der Waals surface area contributed by atoms with E-state index < -0.39 is 0 Å². The summed E-state index contributed by atoms with van der Waals surface area (Å²) < 4.78 is 0. The molecule has 0 bridgehead atoms. The molecule has 1 fully saturated rings. The van der Waals surface area contributed by atoms with E-state index in [-0.39, 0.29) is 18.1 Å². The SMILES string of the molecule is CCCCC(CC)CN1C(=O)C(C)NC1c1ccsc1. The molecule has 0 aromatic carbocycles. The van der Waals surface area contributed by atoms with Crippen LogP contribution in [0.25, 0.3) is 0 Å². The summed E-state index contributed by atoms with van der Waals surface area (Å²) in [5.41, 5.74) is 1.22. The molecule has 4 heteroatoms. The van der Waals surface area contributed by atoms with Gasteiger partial charge in [0.25, 0.3) is 0 Å². The number of rotatable bonds is 7. The van der Waals surface area contributed by atoms with E-state index in [9.17, 15) is 4.79 Å². The highest BCUT2D eigenvalue weighted by molar-refractivity contribution is 7.07. The van der Waals surface area contributed by atoms with Crippen molar-refractivity contribution in [2.45, 2.75) is 58.7 Å². The predicted molar refractivity (Wildman–Crippen MR) is 84.7 cm³/mol. The Labute approximate surface area is 126 Å². The Kier molecular flexibility index (Phi) is 5.61. The van der Waals surface area contributed by atoms with Crippen LogP contribution in [-0.4, -0.2) is 23.4 Å². The number of nitrogens with one attached hydrogen (secondary N) is 1. The highest BCUT2D eigenvalue weighted by atomic mass is 32.1. The number of hydrogen-bond donors (Lipinski definition) is 1. The van der Waals surface area contributed by atoms with Crippen molar-refractivity contribution in [3.8, 4) is 0 Å². The highest BCUT2D eigenvalue weighted by Crippen LogP contribution is 2.29. The van der Waals surface area contributed by atoms with Crippen LogP contribution in [-0.2, 0) is 4.79 Å². The molecule has 0 spiro atoms. The molecule has 0 radical (unpaired) electrons. The van der Waals surface area contributed by atoms with Crippen molar-refractivity contribution in [1.82, 2.24) is 10.2 Å². The van der Waals surface area contributed by atoms with Gasteiger partial charge in [0.2, 0.25) is 5.91 Å². The van der Waals surface area contributed by atoms with Gasteiger partial charge in [-0.2, -0.15) is 11.3 Å². The van der Waals surface area contributed by atoms with Crippen LogP contribution in [0, 0.1) is 5.92 Å². The second-order valence-corrected chi connectivity index (χ2v) is 6.53. The van der Waals surface area contributed by atoms with Crippen molar-refractivity contribution in [3.05, 3.63) is 22.4 Å². The minimum absolute atomic E-state index is 0.0661. The van der Waals surface area contributed by atoms with Gasteiger partial charge in [-0.15, -0.1) is 0 Å². The minimum atomic E-state index is -0.0661. The minimum Gasteiger partial charge on any atom is -0.321 e. The van der Waals surface area contributed by atoms with Crippen molar-refractivity contribution in [2.24, 2.45) is 5.92 Å². The Morgan fingerprint density at radius 1 is 1.45 bits per heavy atom. The van der Waals surface area contributed by atoms with Crippen LogP contribution in [0.5, 0.6) is 0 Å². The summed E-state index contributed by atoms with van der Waals surface area (Å²) in [7, 11) is 0. The first-order valence-corrected chi connectivity index (χ1v) is 8.70. The van der Waals surface area contributed by atoms with E-state index >= 15 is 0 Å². The molecule has 3 unspecified atom stereocenters. The van der Waals surface area contributed by atoms with Gasteiger partial charge in [0, 0.05) is 6.54 Å². The third kappa shape index (κ3) is 3.41. The summed E-state index contributed by atoms with van der Waals surface area (Å²) in [5, 5.41) is 7.65. The molecule has 2 rings (SSSR count). The molecule has 1 aliphatic heterocycles. The second kappa shape index (κ2) is 7.23. The normalized spacial score (nSPS) is 24.4. The number of nitrogens with zero attached hydrogens (tertiary/aromatic N) is 1. The maximum Gasteiger partial charge on any atom is 0.241 e. The van der Waals surface area contributed by atoms with E-state index in [0.29, 0.717) is 5.92 Å². The van der Waals surface area contributed by atoms with E-state index in [0.717, 1.165) is 13.0 Å². The largest absolute Gasteiger partial charge is 0.321 e. The van der Waals surface area contributed by atoms with Crippen LogP contribution in [0.15, 0.2) is 16.8 Å². The lowest BCUT2D eigenvalue weighted by Gasteiger charge is -2.28. The summed E-state index contributed by atoms with van der Waals surface area (Å²) in [6.45, 7) is 7.31. The average Bonchev–Trinajstić information content (AvgIpc) is 3.06. The van der Waals surface area contributed by atoms with Gasteiger partial charge < -0.3 is 4.90 Å². The monoisotopic (exact) mass is 294 g/mol. The van der Waals surface area contributed by atoms with Crippen molar-refractivity contribution in [2.75, 3.05) is 6.54 Å². The van der Waals surface area contributed by atoms with Crippen LogP contribution in [0.2, 0.25) is 0 Å². The topological polar surface area (TPSA) is 32.3 Å². The highest BCUT2D eigenvalue weighted by Gasteiger charge is 2.37. The predicted octanol–water partition coefficient (Wildman–Crippen LogP) is 3.78. The Hall–Kier alpha value is -0.870. The van der Waals surface area contributed by atoms with Gasteiger partial charge in [0.15, 0.2) is 0 Å². The zero-order valence-electron chi connectivity index (χ0n) is 12.8. The summed E-state index contributed by atoms with van der Waals surface area (Å²) in [4.78, 5) is 14.5. The lowest BCUT2D eigenvalue weighted by molar-refractivity contribution is -0.130. The molecule has 1 aromatic heterocycles. The summed E-state index contributed by atoms with van der Waals surface area (Å²) in [6.07, 6.45) is 4.93. The molecule has 2 heterocycles. The molecule has 1 saturated heterocycles. The van der Waals surface area contributed by atoms with E-state index in [4.69, 9.17) is 0 Å². The molecular formula is C16H26N2OS. The first-order chi connectivity index (χ1) is 9.67. The van der Waals surface area contributed by atoms with Gasteiger partial charge in [-0.3, -0.25) is 10.1 Å². The zero-order valence-corrected chi connectivity index (χ0v) is 13.6. The van der Waals surface area contributed by atoms with Crippen LogP contribution < -0.4 is 5.32 Å². The van der Waals surface area contributed by atoms with Crippen molar-refractivity contribution >= 4 is 17.2 Å². The molecule has 0 saturated carbocycles. The van der Waals surface area contributed by atoms with Crippen LogP contribution in [0.3, 0.4) is 0 Å². The van der Waals surface area contributed by atoms with Crippen LogP contribution >= 0.6 is 11.3 Å². The standard InChI is InChI=1S/C16H26N2OS/c1-4-6-7-13(5-2)10-18-15(14-8-9-20-11-14)17-12(3)16(18)19/h8-9,11-13,15,17H,4-7,10H2,1-3H3. The van der Waals surface area contributed by atoms with Crippen LogP contribution in [0.1, 0.15) is 58.2 Å². The Bertz CT molecular complexity index is 418. The molecule has 1 N–H and O–H groups in total. The van der Waals surface area contributed by atoms with E-state index in [2.05, 4.69) is 40.9 Å². The quantitative estimate of drug-likeness (QED) is 0.830. The first-order valence-electron chi connectivity index (χ1n) is 7.76. The zero-order chi connectivity index (χ0) is 14.5. The Morgan fingerprint density at radius 2 is 2.25 bits per heavy atom. The molecule has 20 heavy (non-hydrogen) atoms. The smallest absolute Gasteiger partial charge is 0.241 e. The maximum atomic E-state index is 12.4. The number of carbonyl (C=O) groups excluding carboxylic acids is 1. The van der Waals surface area contributed by atoms with E-state index in [1.54, 1.807) is 11.3 Å². The lowest BCUT2D eigenvalue weighted by Crippen LogP contribution is -2.35. The third-order valence-electron chi connectivity index (χ3n) is 4.23. The fourth-order valence-electron chi connectivity index (χ4n) is 2.87. The fraction of sp³-hybridized carbons (Fsp3) is 0.688. The first kappa shape index (κ1) is 15.5. The third-order valence-corrected chi connectivity index (χ3v) is 4.93. The molecule has 1 aliphatic rings. The number of hydrogen-bond acceptors (Lipinski definition) is 3. The average molecular weight is 294 g/mol. The molecular weight excluding hydrogens is 268 g/mol. The molecule has 3 atom stereocenters. The number of unbranched alkanes of at least 4 members (excludes halogenated alkanes) is 1. The van der Waals surface area contributed by atoms with Gasteiger partial charge in [0.05, 0.1) is 6.04 Å². The van der Waals surface area contributed by atoms with Gasteiger partial charge in [-0.25, -0.2) is 0 Å². The number of thiophene rings is 1. The maximum absolute atomic E-state index is 12.4. The second-order valence-electron chi connectivity index (χ2n) is 5.75. The van der Waals surface area contributed by atoms with Crippen molar-refractivity contribution in [1.29, 1.82) is 0 Å². The Balaban J connectivity index is 2.07. The van der Waals surface area contributed by atoms with Gasteiger partial charge >= 0.3 is 0 Å². The number of carbonyl (C=O) groups is 1. The lowest BCUT2D eigenvalue weighted by atomic mass is 9.98. The fourth-order valence-corrected chi connectivity index (χ4v) is 3.55.